The molecule has 0 aliphatic rings. The first kappa shape index (κ1) is 26.2. The van der Waals surface area contributed by atoms with E-state index < -0.39 is 5.97 Å². The molecule has 0 radical (unpaired) electrons. The zero-order chi connectivity index (χ0) is 24.9. The molecule has 0 saturated carbocycles. The van der Waals surface area contributed by atoms with Crippen LogP contribution in [0.3, 0.4) is 0 Å². The summed E-state index contributed by atoms with van der Waals surface area (Å²) >= 11 is 0. The third kappa shape index (κ3) is 7.21. The number of hydrogen-bond acceptors (Lipinski definition) is 6. The minimum absolute atomic E-state index is 0.0448. The SMILES string of the molecule is CN/C(=C\N)C(CC(=O)O)c1ccc(NCc2cccc(C(=N)c3ccccc3)c2)cc1.CO. The standard InChI is InChI=1S/C26H28N4O2.CH4O/c1-29-24(16-27)23(15-25(31)32)19-10-12-22(13-11-19)30-17-18-6-5-9-21(14-18)26(28)20-7-3-2-4-8-20;1-2/h2-14,16,23,28-30H,15,17,27H2,1H3,(H,31,32);2H,1H3/b24-16-,28-26?;. The number of carbonyl (C=O) groups is 1. The van der Waals surface area contributed by atoms with E-state index in [4.69, 9.17) is 16.2 Å². The summed E-state index contributed by atoms with van der Waals surface area (Å²) < 4.78 is 0. The van der Waals surface area contributed by atoms with Crippen LogP contribution in [0.5, 0.6) is 0 Å². The van der Waals surface area contributed by atoms with E-state index in [1.807, 2.05) is 78.9 Å². The monoisotopic (exact) mass is 460 g/mol. The molecule has 34 heavy (non-hydrogen) atoms. The maximum absolute atomic E-state index is 11.3. The first-order valence-corrected chi connectivity index (χ1v) is 10.8. The summed E-state index contributed by atoms with van der Waals surface area (Å²) in [4.78, 5) is 11.3. The van der Waals surface area contributed by atoms with Gasteiger partial charge < -0.3 is 26.6 Å². The van der Waals surface area contributed by atoms with Crippen LogP contribution in [-0.4, -0.2) is 36.1 Å². The second-order valence-corrected chi connectivity index (χ2v) is 7.44. The molecule has 0 aliphatic carbocycles. The molecule has 0 saturated heterocycles. The number of aliphatic carboxylic acids is 1. The summed E-state index contributed by atoms with van der Waals surface area (Å²) in [6.07, 6.45) is 1.37. The van der Waals surface area contributed by atoms with Gasteiger partial charge in [-0.05, 0) is 34.9 Å². The normalized spacial score (nSPS) is 11.6. The van der Waals surface area contributed by atoms with E-state index in [-0.39, 0.29) is 12.3 Å². The molecule has 0 fully saturated rings. The Hall–Kier alpha value is -4.10. The van der Waals surface area contributed by atoms with Crippen molar-refractivity contribution in [2.24, 2.45) is 5.73 Å². The topological polar surface area (TPSA) is 131 Å². The van der Waals surface area contributed by atoms with Gasteiger partial charge in [0.25, 0.3) is 0 Å². The van der Waals surface area contributed by atoms with Gasteiger partial charge in [0, 0.05) is 49.8 Å². The highest BCUT2D eigenvalue weighted by Gasteiger charge is 2.19. The lowest BCUT2D eigenvalue weighted by molar-refractivity contribution is -0.137. The van der Waals surface area contributed by atoms with Crippen LogP contribution in [0.1, 0.15) is 34.6 Å². The summed E-state index contributed by atoms with van der Waals surface area (Å²) in [5.74, 6) is -1.22. The average molecular weight is 461 g/mol. The zero-order valence-electron chi connectivity index (χ0n) is 19.5. The lowest BCUT2D eigenvalue weighted by Crippen LogP contribution is -2.19. The molecule has 0 aromatic heterocycles. The number of aliphatic hydroxyl groups excluding tert-OH is 1. The molecule has 1 unspecified atom stereocenters. The number of benzene rings is 3. The van der Waals surface area contributed by atoms with E-state index in [2.05, 4.69) is 10.6 Å². The van der Waals surface area contributed by atoms with Crippen LogP contribution in [0.2, 0.25) is 0 Å². The predicted molar refractivity (Wildman–Crippen MR) is 137 cm³/mol. The highest BCUT2D eigenvalue weighted by molar-refractivity contribution is 6.10. The van der Waals surface area contributed by atoms with Gasteiger partial charge in [-0.3, -0.25) is 10.2 Å². The van der Waals surface area contributed by atoms with Crippen molar-refractivity contribution < 1.29 is 15.0 Å². The lowest BCUT2D eigenvalue weighted by atomic mass is 9.92. The molecule has 1 atom stereocenters. The zero-order valence-corrected chi connectivity index (χ0v) is 19.5. The highest BCUT2D eigenvalue weighted by Crippen LogP contribution is 2.27. The number of hydrogen-bond donors (Lipinski definition) is 6. The summed E-state index contributed by atoms with van der Waals surface area (Å²) in [6.45, 7) is 0.609. The van der Waals surface area contributed by atoms with E-state index in [0.717, 1.165) is 35.1 Å². The van der Waals surface area contributed by atoms with Gasteiger partial charge in [-0.15, -0.1) is 0 Å². The summed E-state index contributed by atoms with van der Waals surface area (Å²) in [7, 11) is 2.73. The van der Waals surface area contributed by atoms with Gasteiger partial charge in [0.15, 0.2) is 0 Å². The third-order valence-electron chi connectivity index (χ3n) is 5.31. The van der Waals surface area contributed by atoms with E-state index in [9.17, 15) is 9.90 Å². The Morgan fingerprint density at radius 2 is 1.65 bits per heavy atom. The van der Waals surface area contributed by atoms with E-state index in [1.165, 1.54) is 6.20 Å². The average Bonchev–Trinajstić information content (AvgIpc) is 2.89. The van der Waals surface area contributed by atoms with E-state index in [0.29, 0.717) is 18.0 Å². The van der Waals surface area contributed by atoms with Crippen LogP contribution in [0.25, 0.3) is 0 Å². The van der Waals surface area contributed by atoms with Crippen LogP contribution in [-0.2, 0) is 11.3 Å². The number of rotatable bonds is 10. The van der Waals surface area contributed by atoms with Crippen LogP contribution >= 0.6 is 0 Å². The molecule has 0 heterocycles. The molecule has 0 aliphatic heterocycles. The number of carboxylic acids is 1. The molecule has 3 aromatic carbocycles. The van der Waals surface area contributed by atoms with Crippen molar-refractivity contribution in [2.45, 2.75) is 18.9 Å². The summed E-state index contributed by atoms with van der Waals surface area (Å²) in [5.41, 5.74) is 11.5. The Morgan fingerprint density at radius 3 is 2.24 bits per heavy atom. The Labute approximate surface area is 200 Å². The molecule has 3 aromatic rings. The molecule has 178 valence electrons. The predicted octanol–water partition coefficient (Wildman–Crippen LogP) is 3.90. The minimum Gasteiger partial charge on any atom is -0.481 e. The molecular formula is C27H32N4O3. The summed E-state index contributed by atoms with van der Waals surface area (Å²) in [5, 5.41) is 31.1. The van der Waals surface area contributed by atoms with E-state index in [1.54, 1.807) is 7.05 Å². The Balaban J connectivity index is 0.00000199. The number of carboxylic acid groups (broad SMARTS) is 1. The molecule has 0 spiro atoms. The minimum atomic E-state index is -0.882. The first-order chi connectivity index (χ1) is 16.5. The molecular weight excluding hydrogens is 428 g/mol. The molecule has 3 rings (SSSR count). The number of aliphatic hydroxyl groups is 1. The molecule has 7 N–H and O–H groups in total. The highest BCUT2D eigenvalue weighted by atomic mass is 16.4. The van der Waals surface area contributed by atoms with Gasteiger partial charge in [-0.25, -0.2) is 0 Å². The Kier molecular flexibility index (Phi) is 10.3. The van der Waals surface area contributed by atoms with Gasteiger partial charge in [0.05, 0.1) is 12.1 Å². The molecule has 7 nitrogen and oxygen atoms in total. The fourth-order valence-electron chi connectivity index (χ4n) is 3.60. The maximum Gasteiger partial charge on any atom is 0.304 e. The van der Waals surface area contributed by atoms with Crippen molar-refractivity contribution in [2.75, 3.05) is 19.5 Å². The van der Waals surface area contributed by atoms with Gasteiger partial charge in [-0.1, -0.05) is 60.7 Å². The van der Waals surface area contributed by atoms with Crippen molar-refractivity contribution in [3.63, 3.8) is 0 Å². The smallest absolute Gasteiger partial charge is 0.304 e. The second-order valence-electron chi connectivity index (χ2n) is 7.44. The van der Waals surface area contributed by atoms with Gasteiger partial charge >= 0.3 is 5.97 Å². The number of likely N-dealkylation sites (N-methyl/N-ethyl adjacent to an activating group) is 1. The fourth-order valence-corrected chi connectivity index (χ4v) is 3.60. The lowest BCUT2D eigenvalue weighted by Gasteiger charge is -2.19. The number of nitrogens with one attached hydrogen (secondary N) is 3. The van der Waals surface area contributed by atoms with Crippen molar-refractivity contribution in [1.82, 2.24) is 5.32 Å². The number of nitrogens with two attached hydrogens (primary N) is 1. The van der Waals surface area contributed by atoms with Gasteiger partial charge in [0.2, 0.25) is 0 Å². The second kappa shape index (κ2) is 13.4. The first-order valence-electron chi connectivity index (χ1n) is 10.8. The molecule has 0 bridgehead atoms. The van der Waals surface area contributed by atoms with E-state index >= 15 is 0 Å². The third-order valence-corrected chi connectivity index (χ3v) is 5.31. The van der Waals surface area contributed by atoms with Crippen LogP contribution < -0.4 is 16.4 Å². The summed E-state index contributed by atoms with van der Waals surface area (Å²) in [6, 6.07) is 25.3. The van der Waals surface area contributed by atoms with Crippen molar-refractivity contribution >= 4 is 17.4 Å². The maximum atomic E-state index is 11.3. The Bertz CT molecular complexity index is 1100. The van der Waals surface area contributed by atoms with Crippen molar-refractivity contribution in [3.8, 4) is 0 Å². The molecule has 0 amide bonds. The van der Waals surface area contributed by atoms with Crippen molar-refractivity contribution in [3.05, 3.63) is 113 Å². The van der Waals surface area contributed by atoms with Gasteiger partial charge in [0.1, 0.15) is 0 Å². The largest absolute Gasteiger partial charge is 0.481 e. The number of allylic oxidation sites excluding steroid dienone is 1. The van der Waals surface area contributed by atoms with Crippen LogP contribution in [0, 0.1) is 5.41 Å². The van der Waals surface area contributed by atoms with Gasteiger partial charge in [-0.2, -0.15) is 0 Å². The fraction of sp³-hybridized carbons (Fsp3) is 0.185. The van der Waals surface area contributed by atoms with Crippen LogP contribution in [0.4, 0.5) is 5.69 Å². The number of anilines is 1. The van der Waals surface area contributed by atoms with Crippen LogP contribution in [0.15, 0.2) is 90.8 Å². The molecule has 7 heteroatoms. The Morgan fingerprint density at radius 1 is 1.00 bits per heavy atom. The van der Waals surface area contributed by atoms with Crippen molar-refractivity contribution in [1.29, 1.82) is 5.41 Å². The quantitative estimate of drug-likeness (QED) is 0.254.